The summed E-state index contributed by atoms with van der Waals surface area (Å²) in [6.07, 6.45) is 6.01. The fourth-order valence-corrected chi connectivity index (χ4v) is 1.40. The highest BCUT2D eigenvalue weighted by molar-refractivity contribution is 5.28. The summed E-state index contributed by atoms with van der Waals surface area (Å²) in [6.45, 7) is 1.05. The Balaban J connectivity index is 1.99. The molecule has 0 amide bonds. The normalized spacial score (nSPS) is 15.6. The third kappa shape index (κ3) is 2.20. The van der Waals surface area contributed by atoms with Gasteiger partial charge in [-0.1, -0.05) is 0 Å². The average molecular weight is 193 g/mol. The SMILES string of the molecule is CN(CC1CC1)c1ncc(CO)cn1. The second-order valence-corrected chi connectivity index (χ2v) is 3.87. The van der Waals surface area contributed by atoms with Crippen LogP contribution in [0.4, 0.5) is 5.95 Å². The molecule has 1 aromatic heterocycles. The van der Waals surface area contributed by atoms with Crippen molar-refractivity contribution in [3.63, 3.8) is 0 Å². The van der Waals surface area contributed by atoms with Gasteiger partial charge in [0.1, 0.15) is 0 Å². The van der Waals surface area contributed by atoms with Gasteiger partial charge in [0.05, 0.1) is 6.61 Å². The van der Waals surface area contributed by atoms with Crippen molar-refractivity contribution in [3.05, 3.63) is 18.0 Å². The Morgan fingerprint density at radius 2 is 2.07 bits per heavy atom. The lowest BCUT2D eigenvalue weighted by molar-refractivity contribution is 0.281. The molecule has 1 aromatic rings. The summed E-state index contributed by atoms with van der Waals surface area (Å²) in [5, 5.41) is 8.83. The topological polar surface area (TPSA) is 49.2 Å². The number of nitrogens with zero attached hydrogens (tertiary/aromatic N) is 3. The first-order valence-corrected chi connectivity index (χ1v) is 4.92. The number of aromatic nitrogens is 2. The van der Waals surface area contributed by atoms with E-state index in [1.54, 1.807) is 12.4 Å². The van der Waals surface area contributed by atoms with E-state index in [9.17, 15) is 0 Å². The van der Waals surface area contributed by atoms with E-state index >= 15 is 0 Å². The maximum atomic E-state index is 8.83. The van der Waals surface area contributed by atoms with Gasteiger partial charge in [-0.15, -0.1) is 0 Å². The summed E-state index contributed by atoms with van der Waals surface area (Å²) < 4.78 is 0. The molecule has 0 spiro atoms. The lowest BCUT2D eigenvalue weighted by Crippen LogP contribution is -2.22. The Bertz CT molecular complexity index is 295. The fraction of sp³-hybridized carbons (Fsp3) is 0.600. The summed E-state index contributed by atoms with van der Waals surface area (Å²) in [4.78, 5) is 10.4. The van der Waals surface area contributed by atoms with Gasteiger partial charge in [-0.2, -0.15) is 0 Å². The summed E-state index contributed by atoms with van der Waals surface area (Å²) in [5.74, 6) is 1.58. The molecule has 0 aromatic carbocycles. The van der Waals surface area contributed by atoms with E-state index < -0.39 is 0 Å². The molecule has 0 aliphatic heterocycles. The Labute approximate surface area is 83.6 Å². The molecule has 1 saturated carbocycles. The predicted octanol–water partition coefficient (Wildman–Crippen LogP) is 0.815. The maximum absolute atomic E-state index is 8.83. The van der Waals surface area contributed by atoms with E-state index in [-0.39, 0.29) is 6.61 Å². The quantitative estimate of drug-likeness (QED) is 0.769. The Kier molecular flexibility index (Phi) is 2.63. The van der Waals surface area contributed by atoms with Crippen molar-refractivity contribution in [1.29, 1.82) is 0 Å². The Hall–Kier alpha value is -1.16. The van der Waals surface area contributed by atoms with Gasteiger partial charge in [-0.25, -0.2) is 9.97 Å². The van der Waals surface area contributed by atoms with Crippen LogP contribution in [0.1, 0.15) is 18.4 Å². The lowest BCUT2D eigenvalue weighted by Gasteiger charge is -2.16. The molecule has 4 heteroatoms. The van der Waals surface area contributed by atoms with Crippen LogP contribution in [-0.2, 0) is 6.61 Å². The second-order valence-electron chi connectivity index (χ2n) is 3.87. The predicted molar refractivity (Wildman–Crippen MR) is 53.9 cm³/mol. The van der Waals surface area contributed by atoms with Crippen LogP contribution in [0.3, 0.4) is 0 Å². The molecule has 1 aliphatic rings. The average Bonchev–Trinajstić information content (AvgIpc) is 3.02. The third-order valence-electron chi connectivity index (χ3n) is 2.44. The molecule has 0 bridgehead atoms. The molecule has 0 atom stereocenters. The van der Waals surface area contributed by atoms with E-state index in [4.69, 9.17) is 5.11 Å². The highest BCUT2D eigenvalue weighted by Gasteiger charge is 2.23. The van der Waals surface area contributed by atoms with Gasteiger partial charge in [-0.05, 0) is 18.8 Å². The van der Waals surface area contributed by atoms with E-state index in [1.807, 2.05) is 7.05 Å². The van der Waals surface area contributed by atoms with Crippen LogP contribution in [0, 0.1) is 5.92 Å². The lowest BCUT2D eigenvalue weighted by atomic mass is 10.4. The molecule has 0 saturated heterocycles. The smallest absolute Gasteiger partial charge is 0.225 e. The van der Waals surface area contributed by atoms with Crippen molar-refractivity contribution >= 4 is 5.95 Å². The van der Waals surface area contributed by atoms with Gasteiger partial charge in [0, 0.05) is 31.5 Å². The Morgan fingerprint density at radius 1 is 1.43 bits per heavy atom. The molecule has 0 radical (unpaired) electrons. The maximum Gasteiger partial charge on any atom is 0.225 e. The number of rotatable bonds is 4. The molecule has 1 N–H and O–H groups in total. The van der Waals surface area contributed by atoms with Gasteiger partial charge < -0.3 is 10.0 Å². The number of hydrogen-bond acceptors (Lipinski definition) is 4. The van der Waals surface area contributed by atoms with Gasteiger partial charge in [0.2, 0.25) is 5.95 Å². The van der Waals surface area contributed by atoms with E-state index in [0.29, 0.717) is 0 Å². The minimum absolute atomic E-state index is 0.00657. The largest absolute Gasteiger partial charge is 0.392 e. The minimum atomic E-state index is 0.00657. The van der Waals surface area contributed by atoms with Crippen molar-refractivity contribution in [2.75, 3.05) is 18.5 Å². The number of aliphatic hydroxyl groups excluding tert-OH is 1. The molecular formula is C10H15N3O. The molecule has 1 heterocycles. The molecule has 1 aliphatic carbocycles. The van der Waals surface area contributed by atoms with E-state index in [2.05, 4.69) is 14.9 Å². The highest BCUT2D eigenvalue weighted by atomic mass is 16.3. The van der Waals surface area contributed by atoms with Gasteiger partial charge in [0.25, 0.3) is 0 Å². The van der Waals surface area contributed by atoms with E-state index in [1.165, 1.54) is 12.8 Å². The molecule has 0 unspecified atom stereocenters. The molecular weight excluding hydrogens is 178 g/mol. The monoisotopic (exact) mass is 193 g/mol. The van der Waals surface area contributed by atoms with Gasteiger partial charge in [-0.3, -0.25) is 0 Å². The zero-order chi connectivity index (χ0) is 9.97. The molecule has 2 rings (SSSR count). The van der Waals surface area contributed by atoms with Gasteiger partial charge >= 0.3 is 0 Å². The first-order chi connectivity index (χ1) is 6.79. The zero-order valence-electron chi connectivity index (χ0n) is 8.35. The van der Waals surface area contributed by atoms with Crippen molar-refractivity contribution in [3.8, 4) is 0 Å². The third-order valence-corrected chi connectivity index (χ3v) is 2.44. The first-order valence-electron chi connectivity index (χ1n) is 4.92. The fourth-order valence-electron chi connectivity index (χ4n) is 1.40. The Morgan fingerprint density at radius 3 is 2.57 bits per heavy atom. The number of anilines is 1. The van der Waals surface area contributed by atoms with Crippen molar-refractivity contribution in [2.24, 2.45) is 5.92 Å². The van der Waals surface area contributed by atoms with Crippen LogP contribution in [-0.4, -0.2) is 28.7 Å². The van der Waals surface area contributed by atoms with Crippen LogP contribution >= 0.6 is 0 Å². The van der Waals surface area contributed by atoms with Crippen LogP contribution in [0.15, 0.2) is 12.4 Å². The zero-order valence-corrected chi connectivity index (χ0v) is 8.35. The van der Waals surface area contributed by atoms with Crippen molar-refractivity contribution in [2.45, 2.75) is 19.4 Å². The van der Waals surface area contributed by atoms with Crippen molar-refractivity contribution < 1.29 is 5.11 Å². The molecule has 14 heavy (non-hydrogen) atoms. The van der Waals surface area contributed by atoms with Crippen LogP contribution < -0.4 is 4.90 Å². The van der Waals surface area contributed by atoms with Gasteiger partial charge in [0.15, 0.2) is 0 Å². The molecule has 76 valence electrons. The van der Waals surface area contributed by atoms with Crippen molar-refractivity contribution in [1.82, 2.24) is 9.97 Å². The number of aliphatic hydroxyl groups is 1. The molecule has 4 nitrogen and oxygen atoms in total. The van der Waals surface area contributed by atoms with Crippen LogP contribution in [0.25, 0.3) is 0 Å². The van der Waals surface area contributed by atoms with Crippen LogP contribution in [0.2, 0.25) is 0 Å². The van der Waals surface area contributed by atoms with E-state index in [0.717, 1.165) is 24.0 Å². The highest BCUT2D eigenvalue weighted by Crippen LogP contribution is 2.29. The minimum Gasteiger partial charge on any atom is -0.392 e. The van der Waals surface area contributed by atoms with Crippen LogP contribution in [0.5, 0.6) is 0 Å². The summed E-state index contributed by atoms with van der Waals surface area (Å²) in [7, 11) is 2.01. The standard InChI is InChI=1S/C10H15N3O/c1-13(6-8-2-3-8)10-11-4-9(7-14)5-12-10/h4-5,8,14H,2-3,6-7H2,1H3. The number of hydrogen-bond donors (Lipinski definition) is 1. The summed E-state index contributed by atoms with van der Waals surface area (Å²) >= 11 is 0. The first kappa shape index (κ1) is 9.40. The second kappa shape index (κ2) is 3.92. The summed E-state index contributed by atoms with van der Waals surface area (Å²) in [5.41, 5.74) is 0.758. The summed E-state index contributed by atoms with van der Waals surface area (Å²) in [6, 6.07) is 0. The molecule has 1 fully saturated rings.